The molecule has 1 unspecified atom stereocenters. The van der Waals surface area contributed by atoms with Crippen LogP contribution >= 0.6 is 0 Å². The monoisotopic (exact) mass is 227 g/mol. The van der Waals surface area contributed by atoms with Crippen LogP contribution in [0.15, 0.2) is 12.2 Å². The number of nitrogens with zero attached hydrogens (tertiary/aromatic N) is 1. The molecule has 0 aromatic rings. The lowest BCUT2D eigenvalue weighted by Crippen LogP contribution is -2.40. The average molecular weight is 227 g/mol. The van der Waals surface area contributed by atoms with Crippen LogP contribution in [-0.4, -0.2) is 35.8 Å². The number of esters is 1. The lowest BCUT2D eigenvalue weighted by atomic mass is 10.2. The van der Waals surface area contributed by atoms with Crippen molar-refractivity contribution in [3.8, 4) is 0 Å². The van der Waals surface area contributed by atoms with Gasteiger partial charge in [0.15, 0.2) is 0 Å². The highest BCUT2D eigenvalue weighted by Gasteiger charge is 2.33. The summed E-state index contributed by atoms with van der Waals surface area (Å²) in [6, 6.07) is 0. The highest BCUT2D eigenvalue weighted by atomic mass is 17.0. The van der Waals surface area contributed by atoms with Crippen LogP contribution in [0.5, 0.6) is 0 Å². The first kappa shape index (κ1) is 10.8. The number of carbonyl (C=O) groups is 3. The van der Waals surface area contributed by atoms with Gasteiger partial charge >= 0.3 is 11.9 Å². The van der Waals surface area contributed by atoms with Gasteiger partial charge in [0.1, 0.15) is 5.78 Å². The number of Topliss-reactive ketones (excluding diaryl/α,β-unsaturated/α-hetero) is 1. The first-order chi connectivity index (χ1) is 7.65. The Morgan fingerprint density at radius 3 is 2.75 bits per heavy atom. The van der Waals surface area contributed by atoms with E-state index in [1.807, 2.05) is 0 Å². The Morgan fingerprint density at radius 1 is 1.19 bits per heavy atom. The number of fused-ring (bicyclic) bond motifs is 1. The van der Waals surface area contributed by atoms with Gasteiger partial charge in [-0.25, -0.2) is 9.59 Å². The van der Waals surface area contributed by atoms with Gasteiger partial charge in [-0.3, -0.25) is 9.63 Å². The molecule has 86 valence electrons. The van der Waals surface area contributed by atoms with Gasteiger partial charge in [-0.15, -0.1) is 0 Å². The lowest BCUT2D eigenvalue weighted by Gasteiger charge is -2.25. The number of hydrogen-bond acceptors (Lipinski definition) is 7. The van der Waals surface area contributed by atoms with E-state index in [1.54, 1.807) is 0 Å². The number of hydrogen-bond donors (Lipinski definition) is 0. The third kappa shape index (κ3) is 2.44. The first-order valence-electron chi connectivity index (χ1n) is 4.69. The Bertz CT molecular complexity index is 363. The average Bonchev–Trinajstić information content (AvgIpc) is 2.37. The maximum Gasteiger partial charge on any atom is 0.352 e. The van der Waals surface area contributed by atoms with Gasteiger partial charge < -0.3 is 9.57 Å². The van der Waals surface area contributed by atoms with Crippen LogP contribution in [-0.2, 0) is 28.8 Å². The van der Waals surface area contributed by atoms with E-state index >= 15 is 0 Å². The summed E-state index contributed by atoms with van der Waals surface area (Å²) in [5, 5.41) is 0.759. The van der Waals surface area contributed by atoms with Crippen molar-refractivity contribution in [2.45, 2.75) is 19.1 Å². The van der Waals surface area contributed by atoms with Gasteiger partial charge in [0.05, 0.1) is 13.0 Å². The molecule has 2 rings (SSSR count). The molecule has 0 N–H and O–H groups in total. The molecule has 0 aromatic heterocycles. The zero-order chi connectivity index (χ0) is 11.5. The molecule has 1 fully saturated rings. The highest BCUT2D eigenvalue weighted by Crippen LogP contribution is 2.16. The number of carbonyl (C=O) groups excluding carboxylic acids is 3. The van der Waals surface area contributed by atoms with Gasteiger partial charge in [0.2, 0.25) is 6.23 Å². The SMILES string of the molecule is O=C1CCON2OC(=O)/C=C\C(=O)OC2C1. The molecular weight excluding hydrogens is 218 g/mol. The summed E-state index contributed by atoms with van der Waals surface area (Å²) in [6.45, 7) is 0.0872. The molecule has 1 saturated heterocycles. The number of ether oxygens (including phenoxy) is 1. The molecule has 0 bridgehead atoms. The van der Waals surface area contributed by atoms with Crippen molar-refractivity contribution in [2.24, 2.45) is 0 Å². The van der Waals surface area contributed by atoms with E-state index in [1.165, 1.54) is 0 Å². The van der Waals surface area contributed by atoms with E-state index in [2.05, 4.69) is 0 Å². The predicted molar refractivity (Wildman–Crippen MR) is 47.1 cm³/mol. The fourth-order valence-corrected chi connectivity index (χ4v) is 1.30. The molecule has 0 radical (unpaired) electrons. The van der Waals surface area contributed by atoms with Crippen LogP contribution in [0.2, 0.25) is 0 Å². The Hall–Kier alpha value is -1.73. The fourth-order valence-electron chi connectivity index (χ4n) is 1.30. The summed E-state index contributed by atoms with van der Waals surface area (Å²) in [7, 11) is 0. The minimum Gasteiger partial charge on any atom is -0.437 e. The fraction of sp³-hybridized carbons (Fsp3) is 0.444. The van der Waals surface area contributed by atoms with Gasteiger partial charge in [-0.2, -0.15) is 0 Å². The van der Waals surface area contributed by atoms with Crippen molar-refractivity contribution in [3.63, 3.8) is 0 Å². The Balaban J connectivity index is 2.19. The van der Waals surface area contributed by atoms with Crippen molar-refractivity contribution < 1.29 is 28.8 Å². The molecular formula is C9H9NO6. The molecule has 0 amide bonds. The molecule has 0 saturated carbocycles. The molecule has 2 heterocycles. The van der Waals surface area contributed by atoms with E-state index in [0.717, 1.165) is 17.4 Å². The minimum atomic E-state index is -1.02. The third-order valence-electron chi connectivity index (χ3n) is 2.02. The van der Waals surface area contributed by atoms with Gasteiger partial charge in [0, 0.05) is 23.8 Å². The molecule has 16 heavy (non-hydrogen) atoms. The summed E-state index contributed by atoms with van der Waals surface area (Å²) in [6.07, 6.45) is 0.975. The second-order valence-corrected chi connectivity index (χ2v) is 3.25. The zero-order valence-electron chi connectivity index (χ0n) is 8.25. The smallest absolute Gasteiger partial charge is 0.352 e. The third-order valence-corrected chi connectivity index (χ3v) is 2.02. The topological polar surface area (TPSA) is 82.1 Å². The summed E-state index contributed by atoms with van der Waals surface area (Å²) < 4.78 is 4.87. The van der Waals surface area contributed by atoms with E-state index < -0.39 is 18.2 Å². The van der Waals surface area contributed by atoms with Crippen LogP contribution in [0.1, 0.15) is 12.8 Å². The predicted octanol–water partition coefficient (Wildman–Crippen LogP) is -0.520. The molecule has 2 aliphatic heterocycles. The lowest BCUT2D eigenvalue weighted by molar-refractivity contribution is -0.390. The zero-order valence-corrected chi connectivity index (χ0v) is 8.25. The van der Waals surface area contributed by atoms with Crippen molar-refractivity contribution in [1.29, 1.82) is 0 Å². The highest BCUT2D eigenvalue weighted by molar-refractivity contribution is 5.92. The van der Waals surface area contributed by atoms with Crippen molar-refractivity contribution in [3.05, 3.63) is 12.2 Å². The van der Waals surface area contributed by atoms with E-state index in [0.29, 0.717) is 0 Å². The van der Waals surface area contributed by atoms with Crippen molar-refractivity contribution >= 4 is 17.7 Å². The van der Waals surface area contributed by atoms with E-state index in [-0.39, 0.29) is 25.2 Å². The standard InChI is InChI=1S/C9H9NO6/c11-6-3-4-14-10-7(5-6)15-8(12)1-2-9(13)16-10/h1-2,7H,3-5H2/b2-1-. The Kier molecular flexibility index (Phi) is 2.97. The largest absolute Gasteiger partial charge is 0.437 e. The van der Waals surface area contributed by atoms with Gasteiger partial charge in [-0.1, -0.05) is 0 Å². The maximum atomic E-state index is 11.3. The molecule has 7 nitrogen and oxygen atoms in total. The normalized spacial score (nSPS) is 29.2. The number of ketones is 1. The molecule has 0 aliphatic carbocycles. The van der Waals surface area contributed by atoms with Crippen molar-refractivity contribution in [2.75, 3.05) is 6.61 Å². The van der Waals surface area contributed by atoms with Crippen LogP contribution in [0.3, 0.4) is 0 Å². The second kappa shape index (κ2) is 4.42. The minimum absolute atomic E-state index is 0.0626. The summed E-state index contributed by atoms with van der Waals surface area (Å²) in [5.74, 6) is -1.60. The Labute approximate surface area is 90.5 Å². The van der Waals surface area contributed by atoms with E-state index in [4.69, 9.17) is 14.4 Å². The summed E-state index contributed by atoms with van der Waals surface area (Å²) >= 11 is 0. The van der Waals surface area contributed by atoms with Crippen LogP contribution in [0.4, 0.5) is 0 Å². The molecule has 0 aromatic carbocycles. The van der Waals surface area contributed by atoms with Crippen LogP contribution in [0.25, 0.3) is 0 Å². The Morgan fingerprint density at radius 2 is 1.94 bits per heavy atom. The van der Waals surface area contributed by atoms with Crippen molar-refractivity contribution in [1.82, 2.24) is 5.23 Å². The molecule has 7 heteroatoms. The summed E-state index contributed by atoms with van der Waals surface area (Å²) in [5.41, 5.74) is 0. The molecule has 1 atom stereocenters. The van der Waals surface area contributed by atoms with Gasteiger partial charge in [-0.05, 0) is 0 Å². The molecule has 0 spiro atoms. The maximum absolute atomic E-state index is 11.3. The van der Waals surface area contributed by atoms with Crippen LogP contribution < -0.4 is 0 Å². The first-order valence-corrected chi connectivity index (χ1v) is 4.69. The summed E-state index contributed by atoms with van der Waals surface area (Å²) in [4.78, 5) is 43.2. The van der Waals surface area contributed by atoms with Crippen LogP contribution in [0, 0.1) is 0 Å². The molecule has 2 aliphatic rings. The van der Waals surface area contributed by atoms with Gasteiger partial charge in [0.25, 0.3) is 0 Å². The number of hydroxylamine groups is 2. The van der Waals surface area contributed by atoms with E-state index in [9.17, 15) is 14.4 Å². The second-order valence-electron chi connectivity index (χ2n) is 3.25. The number of rotatable bonds is 0. The quantitative estimate of drug-likeness (QED) is 0.515.